The van der Waals surface area contributed by atoms with Crippen LogP contribution in [0.2, 0.25) is 0 Å². The molecule has 1 fully saturated rings. The molecule has 2 unspecified atom stereocenters. The van der Waals surface area contributed by atoms with E-state index in [-0.39, 0.29) is 35.8 Å². The van der Waals surface area contributed by atoms with Crippen LogP contribution in [0.3, 0.4) is 0 Å². The maximum absolute atomic E-state index is 12.7. The molecule has 0 aromatic heterocycles. The van der Waals surface area contributed by atoms with Crippen LogP contribution in [0.25, 0.3) is 0 Å². The molecule has 1 aliphatic heterocycles. The predicted octanol–water partition coefficient (Wildman–Crippen LogP) is 2.51. The standard InChI is InChI=1S/C18H29N3O3.ClH/c1-12(21-9-8-16(19)18(2,3)11-21)17(22)20-14-7-6-13(23-4)10-15(14)24-5;/h6-7,10,12,16H,8-9,11,19H2,1-5H3,(H,20,22);1H. The number of nitrogens with zero attached hydrogens (tertiary/aromatic N) is 1. The van der Waals surface area contributed by atoms with E-state index in [2.05, 4.69) is 24.1 Å². The Hall–Kier alpha value is -1.50. The summed E-state index contributed by atoms with van der Waals surface area (Å²) in [5.41, 5.74) is 6.83. The number of halogens is 1. The Bertz CT molecular complexity index is 595. The number of methoxy groups -OCH3 is 2. The second-order valence-corrected chi connectivity index (χ2v) is 7.09. The number of carbonyl (C=O) groups is 1. The fourth-order valence-corrected chi connectivity index (χ4v) is 3.05. The van der Waals surface area contributed by atoms with Gasteiger partial charge in [-0.1, -0.05) is 13.8 Å². The molecular weight excluding hydrogens is 342 g/mol. The molecule has 0 radical (unpaired) electrons. The molecule has 1 saturated heterocycles. The van der Waals surface area contributed by atoms with Gasteiger partial charge in [-0.05, 0) is 30.9 Å². The van der Waals surface area contributed by atoms with Crippen molar-refractivity contribution < 1.29 is 14.3 Å². The second-order valence-electron chi connectivity index (χ2n) is 7.09. The second kappa shape index (κ2) is 8.74. The van der Waals surface area contributed by atoms with Crippen molar-refractivity contribution in [2.24, 2.45) is 11.1 Å². The quantitative estimate of drug-likeness (QED) is 0.831. The van der Waals surface area contributed by atoms with Crippen molar-refractivity contribution in [3.63, 3.8) is 0 Å². The van der Waals surface area contributed by atoms with Crippen molar-refractivity contribution in [2.75, 3.05) is 32.6 Å². The maximum Gasteiger partial charge on any atom is 0.241 e. The lowest BCUT2D eigenvalue weighted by atomic mass is 9.79. The van der Waals surface area contributed by atoms with Crippen molar-refractivity contribution in [1.29, 1.82) is 0 Å². The van der Waals surface area contributed by atoms with Gasteiger partial charge in [0, 0.05) is 25.2 Å². The lowest BCUT2D eigenvalue weighted by Gasteiger charge is -2.44. The Morgan fingerprint density at radius 3 is 2.60 bits per heavy atom. The number of ether oxygens (including phenoxy) is 2. The van der Waals surface area contributed by atoms with Gasteiger partial charge in [-0.15, -0.1) is 12.4 Å². The van der Waals surface area contributed by atoms with Gasteiger partial charge in [-0.2, -0.15) is 0 Å². The van der Waals surface area contributed by atoms with Crippen molar-refractivity contribution in [2.45, 2.75) is 39.3 Å². The SMILES string of the molecule is COc1ccc(NC(=O)C(C)N2CCC(N)C(C)(C)C2)c(OC)c1.Cl. The summed E-state index contributed by atoms with van der Waals surface area (Å²) in [7, 11) is 3.17. The third-order valence-corrected chi connectivity index (χ3v) is 4.94. The number of nitrogens with two attached hydrogens (primary N) is 1. The Balaban J connectivity index is 0.00000312. The van der Waals surface area contributed by atoms with Crippen molar-refractivity contribution >= 4 is 24.0 Å². The highest BCUT2D eigenvalue weighted by molar-refractivity contribution is 5.96. The summed E-state index contributed by atoms with van der Waals surface area (Å²) in [4.78, 5) is 14.8. The zero-order chi connectivity index (χ0) is 17.9. The Kier molecular flexibility index (Phi) is 7.53. The van der Waals surface area contributed by atoms with E-state index in [0.717, 1.165) is 19.5 Å². The molecule has 142 valence electrons. The van der Waals surface area contributed by atoms with Crippen molar-refractivity contribution in [1.82, 2.24) is 4.90 Å². The number of nitrogens with one attached hydrogen (secondary N) is 1. The number of anilines is 1. The first kappa shape index (κ1) is 21.5. The summed E-state index contributed by atoms with van der Waals surface area (Å²) >= 11 is 0. The molecule has 0 spiro atoms. The van der Waals surface area contributed by atoms with Gasteiger partial charge in [0.2, 0.25) is 5.91 Å². The highest BCUT2D eigenvalue weighted by Gasteiger charge is 2.36. The molecule has 0 saturated carbocycles. The highest BCUT2D eigenvalue weighted by atomic mass is 35.5. The van der Waals surface area contributed by atoms with E-state index < -0.39 is 0 Å². The van der Waals surface area contributed by atoms with E-state index in [1.54, 1.807) is 32.4 Å². The number of likely N-dealkylation sites (tertiary alicyclic amines) is 1. The largest absolute Gasteiger partial charge is 0.497 e. The number of hydrogen-bond donors (Lipinski definition) is 2. The molecule has 2 atom stereocenters. The Morgan fingerprint density at radius 2 is 2.04 bits per heavy atom. The van der Waals surface area contributed by atoms with Crippen LogP contribution >= 0.6 is 12.4 Å². The highest BCUT2D eigenvalue weighted by Crippen LogP contribution is 2.31. The smallest absolute Gasteiger partial charge is 0.241 e. The summed E-state index contributed by atoms with van der Waals surface area (Å²) in [6, 6.07) is 5.28. The molecular formula is C18H30ClN3O3. The molecule has 0 bridgehead atoms. The van der Waals surface area contributed by atoms with E-state index in [1.165, 1.54) is 0 Å². The molecule has 1 aliphatic rings. The average molecular weight is 372 g/mol. The Labute approximate surface area is 156 Å². The minimum atomic E-state index is -0.233. The van der Waals surface area contributed by atoms with Crippen LogP contribution in [0.1, 0.15) is 27.2 Å². The molecule has 1 amide bonds. The van der Waals surface area contributed by atoms with Crippen LogP contribution in [0.15, 0.2) is 18.2 Å². The summed E-state index contributed by atoms with van der Waals surface area (Å²) in [6.45, 7) is 7.88. The van der Waals surface area contributed by atoms with Gasteiger partial charge < -0.3 is 20.5 Å². The third kappa shape index (κ3) is 5.00. The number of rotatable bonds is 5. The van der Waals surface area contributed by atoms with Crippen LogP contribution in [0, 0.1) is 5.41 Å². The minimum Gasteiger partial charge on any atom is -0.497 e. The first-order valence-electron chi connectivity index (χ1n) is 8.31. The molecule has 0 aliphatic carbocycles. The summed E-state index contributed by atoms with van der Waals surface area (Å²) in [6.07, 6.45) is 0.899. The van der Waals surface area contributed by atoms with Gasteiger partial charge in [-0.3, -0.25) is 9.69 Å². The van der Waals surface area contributed by atoms with Crippen LogP contribution in [-0.4, -0.2) is 50.2 Å². The van der Waals surface area contributed by atoms with Crippen molar-refractivity contribution in [3.8, 4) is 11.5 Å². The van der Waals surface area contributed by atoms with Gasteiger partial charge in [0.15, 0.2) is 0 Å². The van der Waals surface area contributed by atoms with E-state index in [1.807, 2.05) is 6.92 Å². The van der Waals surface area contributed by atoms with E-state index in [0.29, 0.717) is 17.2 Å². The van der Waals surface area contributed by atoms with Gasteiger partial charge in [0.1, 0.15) is 11.5 Å². The van der Waals surface area contributed by atoms with Crippen molar-refractivity contribution in [3.05, 3.63) is 18.2 Å². The number of hydrogen-bond acceptors (Lipinski definition) is 5. The van der Waals surface area contributed by atoms with Gasteiger partial charge in [0.25, 0.3) is 0 Å². The molecule has 2 rings (SSSR count). The Morgan fingerprint density at radius 1 is 1.36 bits per heavy atom. The first-order chi connectivity index (χ1) is 11.3. The number of carbonyl (C=O) groups excluding carboxylic acids is 1. The van der Waals surface area contributed by atoms with Crippen LogP contribution in [-0.2, 0) is 4.79 Å². The van der Waals surface area contributed by atoms with Crippen LogP contribution in [0.5, 0.6) is 11.5 Å². The zero-order valence-electron chi connectivity index (χ0n) is 15.7. The number of piperidine rings is 1. The lowest BCUT2D eigenvalue weighted by molar-refractivity contribution is -0.122. The monoisotopic (exact) mass is 371 g/mol. The fraction of sp³-hybridized carbons (Fsp3) is 0.611. The molecule has 7 heteroatoms. The van der Waals surface area contributed by atoms with E-state index in [9.17, 15) is 4.79 Å². The summed E-state index contributed by atoms with van der Waals surface area (Å²) in [5.74, 6) is 1.21. The molecule has 1 aromatic carbocycles. The first-order valence-corrected chi connectivity index (χ1v) is 8.31. The molecule has 25 heavy (non-hydrogen) atoms. The van der Waals surface area contributed by atoms with Gasteiger partial charge in [-0.25, -0.2) is 0 Å². The average Bonchev–Trinajstić information content (AvgIpc) is 2.56. The van der Waals surface area contributed by atoms with E-state index in [4.69, 9.17) is 15.2 Å². The molecule has 1 heterocycles. The number of benzene rings is 1. The van der Waals surface area contributed by atoms with Crippen LogP contribution in [0.4, 0.5) is 5.69 Å². The lowest BCUT2D eigenvalue weighted by Crippen LogP contribution is -2.56. The molecule has 1 aromatic rings. The van der Waals surface area contributed by atoms with E-state index >= 15 is 0 Å². The topological polar surface area (TPSA) is 76.8 Å². The zero-order valence-corrected chi connectivity index (χ0v) is 16.5. The molecule has 6 nitrogen and oxygen atoms in total. The van der Waals surface area contributed by atoms with Gasteiger partial charge in [0.05, 0.1) is 25.9 Å². The minimum absolute atomic E-state index is 0. The summed E-state index contributed by atoms with van der Waals surface area (Å²) in [5, 5.41) is 2.96. The number of amides is 1. The fourth-order valence-electron chi connectivity index (χ4n) is 3.05. The molecule has 3 N–H and O–H groups in total. The third-order valence-electron chi connectivity index (χ3n) is 4.94. The summed E-state index contributed by atoms with van der Waals surface area (Å²) < 4.78 is 10.5. The normalized spacial score (nSPS) is 21.0. The predicted molar refractivity (Wildman–Crippen MR) is 103 cm³/mol. The van der Waals surface area contributed by atoms with Crippen LogP contribution < -0.4 is 20.5 Å². The van der Waals surface area contributed by atoms with Gasteiger partial charge >= 0.3 is 0 Å². The maximum atomic E-state index is 12.7.